The van der Waals surface area contributed by atoms with Gasteiger partial charge in [0.1, 0.15) is 11.3 Å². The minimum absolute atomic E-state index is 0.000329. The van der Waals surface area contributed by atoms with E-state index in [1.54, 1.807) is 12.1 Å². The highest BCUT2D eigenvalue weighted by Crippen LogP contribution is 2.39. The summed E-state index contributed by atoms with van der Waals surface area (Å²) >= 11 is 6.50. The van der Waals surface area contributed by atoms with Crippen LogP contribution in [0.1, 0.15) is 29.0 Å². The summed E-state index contributed by atoms with van der Waals surface area (Å²) in [5, 5.41) is 30.4. The van der Waals surface area contributed by atoms with Crippen LogP contribution in [0.25, 0.3) is 11.0 Å². The second kappa shape index (κ2) is 9.68. The molecule has 4 heterocycles. The maximum absolute atomic E-state index is 11.7. The molecule has 1 aromatic heterocycles. The van der Waals surface area contributed by atoms with Gasteiger partial charge in [0.15, 0.2) is 11.5 Å². The Bertz CT molecular complexity index is 1340. The third kappa shape index (κ3) is 4.37. The van der Waals surface area contributed by atoms with E-state index in [2.05, 4.69) is 14.4 Å². The SMILES string of the molecule is O=C(O)c1cc(Cl)c2nc(CN3CCN(c4cccc(O)c4O)C4COCC43)n(CC3CCCO3)c2c1. The number of phenols is 2. The number of rotatable bonds is 6. The zero-order valence-electron chi connectivity index (χ0n) is 20.2. The number of carboxylic acid groups (broad SMARTS) is 1. The Hall–Kier alpha value is -3.05. The number of phenolic OH excluding ortho intramolecular Hbond substituents is 2. The summed E-state index contributed by atoms with van der Waals surface area (Å²) in [6, 6.07) is 8.14. The lowest BCUT2D eigenvalue weighted by atomic mass is 10.0. The summed E-state index contributed by atoms with van der Waals surface area (Å²) in [5.41, 5.74) is 2.00. The molecule has 3 N–H and O–H groups in total. The molecular formula is C26H29ClN4O6. The lowest BCUT2D eigenvalue weighted by Crippen LogP contribution is -2.59. The number of benzene rings is 2. The number of para-hydroxylation sites is 1. The van der Waals surface area contributed by atoms with Gasteiger partial charge in [-0.15, -0.1) is 0 Å². The Balaban J connectivity index is 1.33. The largest absolute Gasteiger partial charge is 0.504 e. The molecule has 3 aromatic rings. The maximum Gasteiger partial charge on any atom is 0.335 e. The third-order valence-corrected chi connectivity index (χ3v) is 8.00. The van der Waals surface area contributed by atoms with Gasteiger partial charge in [-0.3, -0.25) is 4.90 Å². The number of ether oxygens (including phenoxy) is 2. The second-order valence-corrected chi connectivity index (χ2v) is 10.3. The molecule has 0 saturated carbocycles. The number of aromatic nitrogens is 2. The van der Waals surface area contributed by atoms with Gasteiger partial charge in [-0.1, -0.05) is 17.7 Å². The van der Waals surface area contributed by atoms with E-state index in [9.17, 15) is 20.1 Å². The van der Waals surface area contributed by atoms with Gasteiger partial charge >= 0.3 is 5.97 Å². The summed E-state index contributed by atoms with van der Waals surface area (Å²) in [6.45, 7) is 4.21. The molecule has 10 nitrogen and oxygen atoms in total. The van der Waals surface area contributed by atoms with E-state index in [1.807, 2.05) is 6.07 Å². The number of halogens is 1. The fourth-order valence-corrected chi connectivity index (χ4v) is 6.10. The molecule has 196 valence electrons. The first-order valence-electron chi connectivity index (χ1n) is 12.5. The van der Waals surface area contributed by atoms with Crippen molar-refractivity contribution in [3.05, 3.63) is 46.7 Å². The van der Waals surface area contributed by atoms with Crippen molar-refractivity contribution >= 4 is 34.3 Å². The highest BCUT2D eigenvalue weighted by Gasteiger charge is 2.42. The summed E-state index contributed by atoms with van der Waals surface area (Å²) in [6.07, 6.45) is 1.98. The Kier molecular flexibility index (Phi) is 6.36. The van der Waals surface area contributed by atoms with Gasteiger partial charge in [0.2, 0.25) is 0 Å². The van der Waals surface area contributed by atoms with E-state index < -0.39 is 5.97 Å². The predicted octanol–water partition coefficient (Wildman–Crippen LogP) is 3.07. The van der Waals surface area contributed by atoms with Crippen LogP contribution in [0, 0.1) is 0 Å². The normalized spacial score (nSPS) is 24.1. The fourth-order valence-electron chi connectivity index (χ4n) is 5.84. The molecule has 11 heteroatoms. The lowest BCUT2D eigenvalue weighted by Gasteiger charge is -2.44. The minimum atomic E-state index is -1.03. The van der Waals surface area contributed by atoms with Crippen LogP contribution < -0.4 is 4.90 Å². The molecule has 6 rings (SSSR count). The van der Waals surface area contributed by atoms with Crippen LogP contribution in [0.15, 0.2) is 30.3 Å². The molecule has 3 unspecified atom stereocenters. The van der Waals surface area contributed by atoms with Gasteiger partial charge in [-0.25, -0.2) is 9.78 Å². The molecule has 0 aliphatic carbocycles. The lowest BCUT2D eigenvalue weighted by molar-refractivity contribution is 0.0697. The van der Waals surface area contributed by atoms with Crippen molar-refractivity contribution < 1.29 is 29.6 Å². The van der Waals surface area contributed by atoms with Crippen molar-refractivity contribution in [2.45, 2.75) is 44.1 Å². The Morgan fingerprint density at radius 2 is 2.00 bits per heavy atom. The monoisotopic (exact) mass is 528 g/mol. The summed E-state index contributed by atoms with van der Waals surface area (Å²) in [5.74, 6) is -0.499. The predicted molar refractivity (Wildman–Crippen MR) is 137 cm³/mol. The number of hydrogen-bond donors (Lipinski definition) is 3. The van der Waals surface area contributed by atoms with Crippen molar-refractivity contribution in [2.24, 2.45) is 0 Å². The summed E-state index contributed by atoms with van der Waals surface area (Å²) in [4.78, 5) is 21.0. The highest BCUT2D eigenvalue weighted by atomic mass is 35.5. The zero-order valence-corrected chi connectivity index (χ0v) is 21.0. The first kappa shape index (κ1) is 24.3. The highest BCUT2D eigenvalue weighted by molar-refractivity contribution is 6.35. The number of fused-ring (bicyclic) bond motifs is 2. The molecule has 3 atom stereocenters. The molecule has 0 amide bonds. The minimum Gasteiger partial charge on any atom is -0.504 e. The third-order valence-electron chi connectivity index (χ3n) is 7.71. The topological polar surface area (TPSA) is 121 Å². The van der Waals surface area contributed by atoms with Crippen LogP contribution in [0.5, 0.6) is 11.5 Å². The number of anilines is 1. The van der Waals surface area contributed by atoms with Crippen molar-refractivity contribution in [1.29, 1.82) is 0 Å². The number of nitrogens with zero attached hydrogens (tertiary/aromatic N) is 4. The summed E-state index contributed by atoms with van der Waals surface area (Å²) in [7, 11) is 0. The Morgan fingerprint density at radius 3 is 2.78 bits per heavy atom. The first-order chi connectivity index (χ1) is 17.9. The van der Waals surface area contributed by atoms with Crippen molar-refractivity contribution in [3.63, 3.8) is 0 Å². The van der Waals surface area contributed by atoms with Gasteiger partial charge in [0, 0.05) is 19.7 Å². The molecule has 3 fully saturated rings. The molecular weight excluding hydrogens is 500 g/mol. The zero-order chi connectivity index (χ0) is 25.7. The molecule has 3 aliphatic rings. The number of hydrogen-bond acceptors (Lipinski definition) is 8. The molecule has 0 bridgehead atoms. The van der Waals surface area contributed by atoms with Gasteiger partial charge in [-0.05, 0) is 37.1 Å². The van der Waals surface area contributed by atoms with Crippen molar-refractivity contribution in [2.75, 3.05) is 37.8 Å². The maximum atomic E-state index is 11.7. The van der Waals surface area contributed by atoms with E-state index in [-0.39, 0.29) is 35.3 Å². The van der Waals surface area contributed by atoms with Crippen molar-refractivity contribution in [3.8, 4) is 11.5 Å². The molecule has 3 aliphatic heterocycles. The van der Waals surface area contributed by atoms with Gasteiger partial charge in [0.25, 0.3) is 0 Å². The molecule has 3 saturated heterocycles. The Labute approximate surface area is 218 Å². The standard InChI is InChI=1S/C26H29ClN4O6/c27-17-9-15(26(34)35)10-19-24(17)28-23(31(19)11-16-3-2-8-37-16)12-29-6-7-30(21-14-36-13-20(21)29)18-4-1-5-22(32)25(18)33/h1,4-5,9-10,16,20-21,32-33H,2-3,6-8,11-14H2,(H,34,35). The molecule has 37 heavy (non-hydrogen) atoms. The van der Waals surface area contributed by atoms with Crippen LogP contribution in [-0.2, 0) is 22.6 Å². The molecule has 2 aromatic carbocycles. The van der Waals surface area contributed by atoms with Gasteiger partial charge in [-0.2, -0.15) is 0 Å². The average Bonchev–Trinajstić information content (AvgIpc) is 3.63. The fraction of sp³-hybridized carbons (Fsp3) is 0.462. The van der Waals surface area contributed by atoms with Crippen LogP contribution in [0.2, 0.25) is 5.02 Å². The molecule has 0 spiro atoms. The molecule has 0 radical (unpaired) electrons. The number of piperazine rings is 1. The van der Waals surface area contributed by atoms with Crippen LogP contribution in [-0.4, -0.2) is 86.8 Å². The van der Waals surface area contributed by atoms with E-state index >= 15 is 0 Å². The van der Waals surface area contributed by atoms with E-state index in [0.717, 1.165) is 25.3 Å². The number of carboxylic acids is 1. The number of carbonyl (C=O) groups is 1. The smallest absolute Gasteiger partial charge is 0.335 e. The Morgan fingerprint density at radius 1 is 1.16 bits per heavy atom. The van der Waals surface area contributed by atoms with E-state index in [1.165, 1.54) is 12.1 Å². The van der Waals surface area contributed by atoms with Crippen LogP contribution in [0.4, 0.5) is 5.69 Å². The second-order valence-electron chi connectivity index (χ2n) is 9.89. The number of aromatic hydroxyl groups is 2. The average molecular weight is 529 g/mol. The quantitative estimate of drug-likeness (QED) is 0.414. The van der Waals surface area contributed by atoms with Gasteiger partial charge < -0.3 is 34.3 Å². The van der Waals surface area contributed by atoms with Crippen LogP contribution in [0.3, 0.4) is 0 Å². The van der Waals surface area contributed by atoms with E-state index in [0.29, 0.717) is 61.1 Å². The first-order valence-corrected chi connectivity index (χ1v) is 12.9. The van der Waals surface area contributed by atoms with E-state index in [4.69, 9.17) is 26.1 Å². The van der Waals surface area contributed by atoms with Crippen LogP contribution >= 0.6 is 11.6 Å². The summed E-state index contributed by atoms with van der Waals surface area (Å²) < 4.78 is 13.8. The van der Waals surface area contributed by atoms with Crippen molar-refractivity contribution in [1.82, 2.24) is 14.5 Å². The van der Waals surface area contributed by atoms with Gasteiger partial charge in [0.05, 0.1) is 66.3 Å². The number of aromatic carboxylic acids is 1. The number of imidazole rings is 1.